The lowest BCUT2D eigenvalue weighted by atomic mass is 9.91. The summed E-state index contributed by atoms with van der Waals surface area (Å²) in [6, 6.07) is 82.9. The second kappa shape index (κ2) is 15.1. The van der Waals surface area contributed by atoms with E-state index in [1.807, 2.05) is 0 Å². The summed E-state index contributed by atoms with van der Waals surface area (Å²) < 4.78 is 9.17. The Morgan fingerprint density at radius 2 is 0.957 bits per heavy atom. The number of fused-ring (bicyclic) bond motifs is 14. The third kappa shape index (κ3) is 5.85. The van der Waals surface area contributed by atoms with Gasteiger partial charge in [0.05, 0.1) is 11.0 Å². The molecule has 5 heteroatoms. The second-order valence-electron chi connectivity index (χ2n) is 18.5. The molecule has 0 bridgehead atoms. The molecule has 0 radical (unpaired) electrons. The number of hydrogen-bond acceptors (Lipinski definition) is 4. The van der Waals surface area contributed by atoms with E-state index in [0.29, 0.717) is 5.84 Å². The molecule has 12 aromatic carbocycles. The first-order valence-corrected chi connectivity index (χ1v) is 23.9. The highest BCUT2D eigenvalue weighted by Gasteiger charge is 2.27. The Kier molecular flexibility index (Phi) is 8.36. The summed E-state index contributed by atoms with van der Waals surface area (Å²) in [6.45, 7) is 0. The number of benzene rings is 12. The lowest BCUT2D eigenvalue weighted by Crippen LogP contribution is -2.33. The first-order chi connectivity index (χ1) is 34.7. The molecule has 1 unspecified atom stereocenters. The average Bonchev–Trinajstić information content (AvgIpc) is 3.96. The number of nitrogens with zero attached hydrogens (tertiary/aromatic N) is 3. The van der Waals surface area contributed by atoms with Crippen molar-refractivity contribution in [1.29, 1.82) is 0 Å². The third-order valence-electron chi connectivity index (χ3n) is 14.6. The standard InChI is InChI=1S/C65H40N4O/c1-2-16-39(17-3-1)63-66-64(68-65(67-63)53-29-14-27-50-47-23-9-8-22-45(47)46-24-10-11-26-49(46)61(50)53)52-33-32-44(69-57-30-13-12-25-48(57)55-34-40-18-4-6-20-42(40)36-58(55)69)38-54(52)51-28-15-31-59-62(51)56-35-41-19-5-7-21-43(41)37-60(56)70-59/h1-38,63H,(H,66,67,68). The Hall–Kier alpha value is -9.32. The van der Waals surface area contributed by atoms with Crippen molar-refractivity contribution in [2.45, 2.75) is 6.17 Å². The van der Waals surface area contributed by atoms with Crippen LogP contribution in [0, 0.1) is 0 Å². The summed E-state index contributed by atoms with van der Waals surface area (Å²) in [4.78, 5) is 11.2. The van der Waals surface area contributed by atoms with Gasteiger partial charge < -0.3 is 14.3 Å². The Labute approximate surface area is 401 Å². The number of furan rings is 1. The van der Waals surface area contributed by atoms with Gasteiger partial charge in [-0.05, 0) is 120 Å². The molecule has 1 aliphatic heterocycles. The van der Waals surface area contributed by atoms with Crippen molar-refractivity contribution >= 4 is 109 Å². The summed E-state index contributed by atoms with van der Waals surface area (Å²) in [5.41, 5.74) is 10.1. The van der Waals surface area contributed by atoms with E-state index in [9.17, 15) is 0 Å². The monoisotopic (exact) mass is 892 g/mol. The van der Waals surface area contributed by atoms with Gasteiger partial charge in [0, 0.05) is 43.7 Å². The van der Waals surface area contributed by atoms with Crippen LogP contribution in [0.4, 0.5) is 0 Å². The summed E-state index contributed by atoms with van der Waals surface area (Å²) in [6.07, 6.45) is -0.416. The highest BCUT2D eigenvalue weighted by molar-refractivity contribution is 6.31. The van der Waals surface area contributed by atoms with Crippen molar-refractivity contribution in [2.24, 2.45) is 9.98 Å². The molecule has 3 heterocycles. The fourth-order valence-corrected chi connectivity index (χ4v) is 11.4. The van der Waals surface area contributed by atoms with Crippen molar-refractivity contribution in [3.8, 4) is 16.8 Å². The van der Waals surface area contributed by atoms with Gasteiger partial charge in [0.25, 0.3) is 0 Å². The van der Waals surface area contributed by atoms with Gasteiger partial charge in [-0.1, -0.05) is 176 Å². The van der Waals surface area contributed by atoms with Crippen LogP contribution < -0.4 is 5.32 Å². The summed E-state index contributed by atoms with van der Waals surface area (Å²) >= 11 is 0. The smallest absolute Gasteiger partial charge is 0.160 e. The van der Waals surface area contributed by atoms with Crippen LogP contribution in [-0.4, -0.2) is 16.2 Å². The molecule has 0 fully saturated rings. The third-order valence-corrected chi connectivity index (χ3v) is 14.6. The van der Waals surface area contributed by atoms with Crippen molar-refractivity contribution in [2.75, 3.05) is 0 Å². The van der Waals surface area contributed by atoms with Crippen molar-refractivity contribution in [3.63, 3.8) is 0 Å². The number of aliphatic imine (C=N–C) groups is 2. The normalized spacial score (nSPS) is 14.1. The predicted octanol–water partition coefficient (Wildman–Crippen LogP) is 16.6. The number of aromatic nitrogens is 1. The van der Waals surface area contributed by atoms with Crippen LogP contribution in [0.25, 0.3) is 114 Å². The molecule has 2 aromatic heterocycles. The molecular weight excluding hydrogens is 853 g/mol. The minimum atomic E-state index is -0.416. The molecular formula is C65H40N4O. The van der Waals surface area contributed by atoms with E-state index in [1.165, 1.54) is 48.5 Å². The van der Waals surface area contributed by atoms with Crippen molar-refractivity contribution in [1.82, 2.24) is 9.88 Å². The minimum Gasteiger partial charge on any atom is -0.456 e. The molecule has 14 aromatic rings. The maximum absolute atomic E-state index is 6.75. The molecule has 70 heavy (non-hydrogen) atoms. The molecule has 1 aliphatic rings. The van der Waals surface area contributed by atoms with E-state index in [1.54, 1.807) is 0 Å². The summed E-state index contributed by atoms with van der Waals surface area (Å²) in [5, 5.41) is 20.3. The van der Waals surface area contributed by atoms with Crippen LogP contribution in [0.5, 0.6) is 0 Å². The number of hydrogen-bond donors (Lipinski definition) is 1. The van der Waals surface area contributed by atoms with Gasteiger partial charge in [0.2, 0.25) is 0 Å². The summed E-state index contributed by atoms with van der Waals surface area (Å²) in [7, 11) is 0. The molecule has 0 saturated heterocycles. The van der Waals surface area contributed by atoms with E-state index in [4.69, 9.17) is 14.4 Å². The van der Waals surface area contributed by atoms with Crippen LogP contribution in [0.2, 0.25) is 0 Å². The number of rotatable bonds is 5. The van der Waals surface area contributed by atoms with E-state index in [2.05, 4.69) is 240 Å². The SMILES string of the molecule is c1ccc(C2N=C(c3ccc(-n4c5ccccc5c5cc6ccccc6cc54)cc3-c3cccc4oc5cc6ccccc6cc5c34)N=C(c3cccc4c5ccccc5c5ccccc5c34)N2)cc1. The number of para-hydroxylation sites is 1. The van der Waals surface area contributed by atoms with Gasteiger partial charge in [-0.15, -0.1) is 0 Å². The van der Waals surface area contributed by atoms with Crippen LogP contribution in [0.1, 0.15) is 22.9 Å². The van der Waals surface area contributed by atoms with Gasteiger partial charge in [0.1, 0.15) is 23.2 Å². The molecule has 0 amide bonds. The second-order valence-corrected chi connectivity index (χ2v) is 18.5. The van der Waals surface area contributed by atoms with Gasteiger partial charge >= 0.3 is 0 Å². The molecule has 15 rings (SSSR count). The van der Waals surface area contributed by atoms with Gasteiger partial charge in [0.15, 0.2) is 5.84 Å². The molecule has 5 nitrogen and oxygen atoms in total. The fourth-order valence-electron chi connectivity index (χ4n) is 11.4. The first-order valence-electron chi connectivity index (χ1n) is 23.9. The van der Waals surface area contributed by atoms with Gasteiger partial charge in [-0.3, -0.25) is 0 Å². The lowest BCUT2D eigenvalue weighted by molar-refractivity contribution is 0.669. The number of nitrogens with one attached hydrogen (secondary N) is 1. The van der Waals surface area contributed by atoms with E-state index >= 15 is 0 Å². The zero-order valence-electron chi connectivity index (χ0n) is 37.8. The topological polar surface area (TPSA) is 54.8 Å². The first kappa shape index (κ1) is 38.8. The average molecular weight is 893 g/mol. The molecule has 0 saturated carbocycles. The lowest BCUT2D eigenvalue weighted by Gasteiger charge is -2.26. The van der Waals surface area contributed by atoms with Crippen LogP contribution in [0.3, 0.4) is 0 Å². The van der Waals surface area contributed by atoms with Crippen LogP contribution >= 0.6 is 0 Å². The quantitative estimate of drug-likeness (QED) is 0.175. The highest BCUT2D eigenvalue weighted by atomic mass is 16.3. The highest BCUT2D eigenvalue weighted by Crippen LogP contribution is 2.43. The van der Waals surface area contributed by atoms with Crippen LogP contribution in [-0.2, 0) is 0 Å². The Balaban J connectivity index is 1.03. The minimum absolute atomic E-state index is 0.416. The van der Waals surface area contributed by atoms with Crippen molar-refractivity contribution in [3.05, 3.63) is 247 Å². The molecule has 0 aliphatic carbocycles. The zero-order chi connectivity index (χ0) is 45.9. The maximum Gasteiger partial charge on any atom is 0.160 e. The Morgan fingerprint density at radius 3 is 1.71 bits per heavy atom. The molecule has 0 spiro atoms. The van der Waals surface area contributed by atoms with Crippen LogP contribution in [0.15, 0.2) is 245 Å². The number of amidine groups is 2. The molecule has 1 N–H and O–H groups in total. The fraction of sp³-hybridized carbons (Fsp3) is 0.0154. The Bertz CT molecular complexity index is 4530. The van der Waals surface area contributed by atoms with E-state index in [0.717, 1.165) is 88.5 Å². The summed E-state index contributed by atoms with van der Waals surface area (Å²) in [5.74, 6) is 1.42. The van der Waals surface area contributed by atoms with Crippen molar-refractivity contribution < 1.29 is 4.42 Å². The van der Waals surface area contributed by atoms with Gasteiger partial charge in [-0.25, -0.2) is 9.98 Å². The van der Waals surface area contributed by atoms with E-state index in [-0.39, 0.29) is 0 Å². The largest absolute Gasteiger partial charge is 0.456 e. The molecule has 326 valence electrons. The maximum atomic E-state index is 6.75. The van der Waals surface area contributed by atoms with Gasteiger partial charge in [-0.2, -0.15) is 0 Å². The molecule has 1 atom stereocenters. The predicted molar refractivity (Wildman–Crippen MR) is 293 cm³/mol. The zero-order valence-corrected chi connectivity index (χ0v) is 37.8. The Morgan fingerprint density at radius 1 is 0.371 bits per heavy atom. The van der Waals surface area contributed by atoms with E-state index < -0.39 is 6.17 Å².